The Morgan fingerprint density at radius 1 is 1.16 bits per heavy atom. The summed E-state index contributed by atoms with van der Waals surface area (Å²) >= 11 is 12.1. The minimum Gasteiger partial charge on any atom is -0.455 e. The molecule has 1 fully saturated rings. The smallest absolute Gasteiger partial charge is 0.303 e. The molecule has 11 nitrogen and oxygen atoms in total. The summed E-state index contributed by atoms with van der Waals surface area (Å²) in [6.45, 7) is 4.39. The predicted molar refractivity (Wildman–Crippen MR) is 105 cm³/mol. The first-order chi connectivity index (χ1) is 14.8. The van der Waals surface area contributed by atoms with E-state index in [2.05, 4.69) is 20.1 Å². The number of halogens is 2. The van der Waals surface area contributed by atoms with Crippen LogP contribution in [0.1, 0.15) is 44.6 Å². The van der Waals surface area contributed by atoms with Gasteiger partial charge < -0.3 is 18.7 Å². The Morgan fingerprint density at radius 3 is 2.52 bits per heavy atom. The molecular weight excluding hydrogens is 453 g/mol. The maximum Gasteiger partial charge on any atom is 0.303 e. The van der Waals surface area contributed by atoms with Crippen LogP contribution in [-0.2, 0) is 30.2 Å². The van der Waals surface area contributed by atoms with Gasteiger partial charge in [-0.25, -0.2) is 9.97 Å². The number of carbonyl (C=O) groups excluding carboxylic acids is 2. The van der Waals surface area contributed by atoms with Crippen LogP contribution in [0.2, 0.25) is 10.4 Å². The van der Waals surface area contributed by atoms with Gasteiger partial charge in [0, 0.05) is 19.9 Å². The van der Waals surface area contributed by atoms with Crippen molar-refractivity contribution < 1.29 is 28.3 Å². The van der Waals surface area contributed by atoms with Gasteiger partial charge in [-0.3, -0.25) is 14.2 Å². The van der Waals surface area contributed by atoms with Crippen molar-refractivity contribution in [3.05, 3.63) is 34.3 Å². The van der Waals surface area contributed by atoms with Crippen molar-refractivity contribution in [2.24, 2.45) is 0 Å². The second-order valence-corrected chi connectivity index (χ2v) is 7.47. The summed E-state index contributed by atoms with van der Waals surface area (Å²) in [4.78, 5) is 35.9. The van der Waals surface area contributed by atoms with Gasteiger partial charge in [0.15, 0.2) is 41.1 Å². The zero-order valence-corrected chi connectivity index (χ0v) is 18.1. The molecule has 0 unspecified atom stereocenters. The number of aryl methyl sites for hydroxylation is 1. The minimum atomic E-state index is -1.05. The number of esters is 2. The maximum atomic E-state index is 11.9. The van der Waals surface area contributed by atoms with E-state index in [1.807, 2.05) is 6.92 Å². The van der Waals surface area contributed by atoms with Crippen LogP contribution < -0.4 is 0 Å². The lowest BCUT2D eigenvalue weighted by Crippen LogP contribution is -2.36. The Bertz CT molecular complexity index is 1150. The molecule has 0 amide bonds. The molecule has 0 saturated carbocycles. The number of hydrogen-bond acceptors (Lipinski definition) is 10. The third-order valence-corrected chi connectivity index (χ3v) is 5.07. The first-order valence-corrected chi connectivity index (χ1v) is 10.0. The number of carbonyl (C=O) groups is 2. The van der Waals surface area contributed by atoms with E-state index in [-0.39, 0.29) is 21.6 Å². The largest absolute Gasteiger partial charge is 0.455 e. The topological polar surface area (TPSA) is 131 Å². The van der Waals surface area contributed by atoms with E-state index in [1.165, 1.54) is 24.7 Å². The molecule has 1 aliphatic rings. The molecule has 0 aliphatic carbocycles. The summed E-state index contributed by atoms with van der Waals surface area (Å²) in [6.07, 6.45) is -1.93. The standard InChI is InChI=1S/C18H17Cl2N5O6/c1-4-9-5-10(31-24-9)12-13(28-7(2)26)14(29-8(3)27)17(30-12)25-6-21-11-15(19)22-18(20)23-16(11)25/h5-6,12-14,17H,4H2,1-3H3/t12-,13-,14-,17-/m1/s1. The fourth-order valence-corrected chi connectivity index (χ4v) is 3.82. The lowest BCUT2D eigenvalue weighted by molar-refractivity contribution is -0.165. The molecule has 13 heteroatoms. The number of aromatic nitrogens is 5. The Morgan fingerprint density at radius 2 is 1.87 bits per heavy atom. The van der Waals surface area contributed by atoms with Crippen LogP contribution in [0.5, 0.6) is 0 Å². The fourth-order valence-electron chi connectivity index (χ4n) is 3.40. The summed E-state index contributed by atoms with van der Waals surface area (Å²) in [7, 11) is 0. The number of hydrogen-bond donors (Lipinski definition) is 0. The molecule has 0 N–H and O–H groups in total. The average Bonchev–Trinajstić information content (AvgIpc) is 3.39. The van der Waals surface area contributed by atoms with Crippen molar-refractivity contribution in [3.63, 3.8) is 0 Å². The van der Waals surface area contributed by atoms with Gasteiger partial charge in [0.2, 0.25) is 5.28 Å². The molecular formula is C18H17Cl2N5O6. The maximum absolute atomic E-state index is 11.9. The van der Waals surface area contributed by atoms with E-state index in [1.54, 1.807) is 6.07 Å². The van der Waals surface area contributed by atoms with Crippen LogP contribution in [0, 0.1) is 0 Å². The molecule has 31 heavy (non-hydrogen) atoms. The van der Waals surface area contributed by atoms with Crippen LogP contribution in [0.4, 0.5) is 0 Å². The van der Waals surface area contributed by atoms with Gasteiger partial charge in [0.25, 0.3) is 0 Å². The molecule has 4 heterocycles. The third-order valence-electron chi connectivity index (χ3n) is 4.64. The van der Waals surface area contributed by atoms with Crippen molar-refractivity contribution >= 4 is 46.3 Å². The average molecular weight is 470 g/mol. The van der Waals surface area contributed by atoms with Gasteiger partial charge in [0.1, 0.15) is 5.52 Å². The highest BCUT2D eigenvalue weighted by Crippen LogP contribution is 2.43. The third kappa shape index (κ3) is 4.08. The number of rotatable bonds is 5. The summed E-state index contributed by atoms with van der Waals surface area (Å²) < 4.78 is 24.0. The van der Waals surface area contributed by atoms with E-state index < -0.39 is 36.5 Å². The van der Waals surface area contributed by atoms with Crippen LogP contribution in [0.25, 0.3) is 11.2 Å². The molecule has 0 aromatic carbocycles. The Balaban J connectivity index is 1.82. The van der Waals surface area contributed by atoms with E-state index in [0.29, 0.717) is 17.9 Å². The van der Waals surface area contributed by atoms with Crippen molar-refractivity contribution in [3.8, 4) is 0 Å². The zero-order valence-electron chi connectivity index (χ0n) is 16.6. The second-order valence-electron chi connectivity index (χ2n) is 6.78. The molecule has 0 bridgehead atoms. The van der Waals surface area contributed by atoms with E-state index >= 15 is 0 Å². The van der Waals surface area contributed by atoms with Gasteiger partial charge in [-0.1, -0.05) is 23.7 Å². The quantitative estimate of drug-likeness (QED) is 0.312. The molecule has 1 saturated heterocycles. The van der Waals surface area contributed by atoms with Crippen molar-refractivity contribution in [1.29, 1.82) is 0 Å². The summed E-state index contributed by atoms with van der Waals surface area (Å²) in [5.74, 6) is -0.869. The first kappa shape index (κ1) is 21.5. The summed E-state index contributed by atoms with van der Waals surface area (Å²) in [5.41, 5.74) is 1.21. The van der Waals surface area contributed by atoms with Crippen LogP contribution in [0.3, 0.4) is 0 Å². The number of fused-ring (bicyclic) bond motifs is 1. The number of imidazole rings is 1. The van der Waals surface area contributed by atoms with E-state index in [0.717, 1.165) is 0 Å². The molecule has 164 valence electrons. The van der Waals surface area contributed by atoms with Gasteiger partial charge in [0.05, 0.1) is 12.0 Å². The SMILES string of the molecule is CCc1cc([C@H]2O[C@@H](n3cnc4c(Cl)nc(Cl)nc43)[C@H](OC(C)=O)[C@@H]2OC(C)=O)on1. The van der Waals surface area contributed by atoms with Gasteiger partial charge >= 0.3 is 11.9 Å². The van der Waals surface area contributed by atoms with Crippen LogP contribution >= 0.6 is 23.2 Å². The summed E-state index contributed by atoms with van der Waals surface area (Å²) in [6, 6.07) is 1.69. The molecule has 3 aromatic heterocycles. The monoisotopic (exact) mass is 469 g/mol. The van der Waals surface area contributed by atoms with E-state index in [4.69, 9.17) is 41.9 Å². The normalized spacial score (nSPS) is 23.3. The van der Waals surface area contributed by atoms with Gasteiger partial charge in [-0.15, -0.1) is 0 Å². The highest BCUT2D eigenvalue weighted by Gasteiger charge is 2.52. The lowest BCUT2D eigenvalue weighted by atomic mass is 10.1. The molecule has 4 rings (SSSR count). The highest BCUT2D eigenvalue weighted by atomic mass is 35.5. The Labute approximate surface area is 185 Å². The summed E-state index contributed by atoms with van der Waals surface area (Å²) in [5, 5.41) is 3.91. The molecule has 4 atom stereocenters. The second kappa shape index (κ2) is 8.40. The first-order valence-electron chi connectivity index (χ1n) is 9.29. The molecule has 1 aliphatic heterocycles. The van der Waals surface area contributed by atoms with Crippen molar-refractivity contribution in [2.45, 2.75) is 51.7 Å². The number of ether oxygens (including phenoxy) is 3. The van der Waals surface area contributed by atoms with Crippen LogP contribution in [-0.4, -0.2) is 48.8 Å². The van der Waals surface area contributed by atoms with Crippen molar-refractivity contribution in [1.82, 2.24) is 24.7 Å². The minimum absolute atomic E-state index is 0.0479. The van der Waals surface area contributed by atoms with Gasteiger partial charge in [-0.2, -0.15) is 4.98 Å². The molecule has 0 spiro atoms. The van der Waals surface area contributed by atoms with Crippen LogP contribution in [0.15, 0.2) is 16.9 Å². The lowest BCUT2D eigenvalue weighted by Gasteiger charge is -2.23. The number of nitrogens with zero attached hydrogens (tertiary/aromatic N) is 5. The molecule has 0 radical (unpaired) electrons. The Kier molecular flexibility index (Phi) is 5.82. The highest BCUT2D eigenvalue weighted by molar-refractivity contribution is 6.35. The Hall–Kier alpha value is -2.76. The van der Waals surface area contributed by atoms with E-state index in [9.17, 15) is 9.59 Å². The predicted octanol–water partition coefficient (Wildman–Crippen LogP) is 2.82. The zero-order chi connectivity index (χ0) is 22.3. The van der Waals surface area contributed by atoms with Crippen molar-refractivity contribution in [2.75, 3.05) is 0 Å². The fraction of sp³-hybridized carbons (Fsp3) is 0.444. The molecule has 3 aromatic rings. The van der Waals surface area contributed by atoms with Gasteiger partial charge in [-0.05, 0) is 18.0 Å².